The molecule has 1 aliphatic heterocycles. The van der Waals surface area contributed by atoms with Crippen LogP contribution in [0.1, 0.15) is 5.56 Å². The Bertz CT molecular complexity index is 842. The summed E-state index contributed by atoms with van der Waals surface area (Å²) in [6.45, 7) is 2.55. The van der Waals surface area contributed by atoms with Crippen LogP contribution in [0.25, 0.3) is 0 Å². The molecule has 6 nitrogen and oxygen atoms in total. The Morgan fingerprint density at radius 3 is 2.64 bits per heavy atom. The van der Waals surface area contributed by atoms with Crippen molar-refractivity contribution >= 4 is 40.4 Å². The van der Waals surface area contributed by atoms with Gasteiger partial charge in [-0.05, 0) is 24.3 Å². The average Bonchev–Trinajstić information content (AvgIpc) is 2.73. The summed E-state index contributed by atoms with van der Waals surface area (Å²) in [6.07, 6.45) is 0. The number of carbonyl (C=O) groups is 1. The number of benzene rings is 2. The Kier molecular flexibility index (Phi) is 7.08. The molecule has 0 bridgehead atoms. The zero-order valence-corrected chi connectivity index (χ0v) is 17.0. The molecule has 0 atom stereocenters. The summed E-state index contributed by atoms with van der Waals surface area (Å²) in [7, 11) is 1.52. The molecule has 0 aromatic heterocycles. The summed E-state index contributed by atoms with van der Waals surface area (Å²) in [4.78, 5) is 14.9. The number of para-hydroxylation sites is 1. The van der Waals surface area contributed by atoms with Crippen molar-refractivity contribution in [2.24, 2.45) is 0 Å². The second-order valence-electron chi connectivity index (χ2n) is 6.10. The average molecular weight is 421 g/mol. The molecule has 1 saturated heterocycles. The highest BCUT2D eigenvalue weighted by Gasteiger charge is 2.20. The van der Waals surface area contributed by atoms with E-state index < -0.39 is 0 Å². The van der Waals surface area contributed by atoms with Crippen molar-refractivity contribution in [3.63, 3.8) is 0 Å². The number of halogens is 1. The van der Waals surface area contributed by atoms with Gasteiger partial charge in [0.15, 0.2) is 18.1 Å². The molecule has 8 heteroatoms. The van der Waals surface area contributed by atoms with E-state index in [4.69, 9.17) is 38.0 Å². The number of rotatable bonds is 6. The molecule has 0 aliphatic carbocycles. The quantitative estimate of drug-likeness (QED) is 0.723. The van der Waals surface area contributed by atoms with Gasteiger partial charge in [0, 0.05) is 24.3 Å². The molecule has 0 spiro atoms. The summed E-state index contributed by atoms with van der Waals surface area (Å²) >= 11 is 12.0. The standard InChI is InChI=1S/C20H21ClN2O4S/c1-25-17-12-14(20(28)23-7-9-26-10-8-23)11-16(21)19(17)27-13-18(24)22-15-5-3-2-4-6-15/h2-6,11-12H,7-10,13H2,1H3,(H,22,24). The molecular formula is C20H21ClN2O4S. The summed E-state index contributed by atoms with van der Waals surface area (Å²) in [6, 6.07) is 12.7. The second-order valence-corrected chi connectivity index (χ2v) is 6.89. The first-order chi connectivity index (χ1) is 13.6. The van der Waals surface area contributed by atoms with E-state index in [1.54, 1.807) is 24.3 Å². The first kappa shape index (κ1) is 20.4. The summed E-state index contributed by atoms with van der Waals surface area (Å²) < 4.78 is 16.4. The Hall–Kier alpha value is -2.35. The summed E-state index contributed by atoms with van der Waals surface area (Å²) in [5.74, 6) is 0.434. The predicted molar refractivity (Wildman–Crippen MR) is 113 cm³/mol. The van der Waals surface area contributed by atoms with Gasteiger partial charge in [0.05, 0.1) is 25.3 Å². The summed E-state index contributed by atoms with van der Waals surface area (Å²) in [5, 5.41) is 3.09. The van der Waals surface area contributed by atoms with Gasteiger partial charge in [0.25, 0.3) is 5.91 Å². The zero-order chi connectivity index (χ0) is 19.9. The number of thiocarbonyl (C=S) groups is 1. The van der Waals surface area contributed by atoms with Crippen LogP contribution in [0.5, 0.6) is 11.5 Å². The van der Waals surface area contributed by atoms with Crippen LogP contribution < -0.4 is 14.8 Å². The minimum atomic E-state index is -0.294. The van der Waals surface area contributed by atoms with Gasteiger partial charge < -0.3 is 24.4 Å². The number of morpholine rings is 1. The number of ether oxygens (including phenoxy) is 3. The minimum Gasteiger partial charge on any atom is -0.493 e. The van der Waals surface area contributed by atoms with E-state index in [2.05, 4.69) is 10.2 Å². The zero-order valence-electron chi connectivity index (χ0n) is 15.4. The van der Waals surface area contributed by atoms with Crippen LogP contribution in [-0.2, 0) is 9.53 Å². The van der Waals surface area contributed by atoms with Crippen molar-refractivity contribution in [3.05, 3.63) is 53.1 Å². The predicted octanol–water partition coefficient (Wildman–Crippen LogP) is 3.37. The lowest BCUT2D eigenvalue weighted by Crippen LogP contribution is -2.40. The molecule has 3 rings (SSSR count). The molecule has 1 N–H and O–H groups in total. The van der Waals surface area contributed by atoms with Crippen molar-refractivity contribution in [1.29, 1.82) is 0 Å². The Morgan fingerprint density at radius 2 is 1.96 bits per heavy atom. The number of methoxy groups -OCH3 is 1. The maximum atomic E-state index is 12.1. The Balaban J connectivity index is 1.69. The van der Waals surface area contributed by atoms with Crippen molar-refractivity contribution in [2.45, 2.75) is 0 Å². The van der Waals surface area contributed by atoms with Crippen LogP contribution in [-0.4, -0.2) is 55.8 Å². The highest BCUT2D eigenvalue weighted by Crippen LogP contribution is 2.37. The molecule has 0 radical (unpaired) electrons. The van der Waals surface area contributed by atoms with Crippen LogP contribution in [0.4, 0.5) is 5.69 Å². The van der Waals surface area contributed by atoms with E-state index in [-0.39, 0.29) is 12.5 Å². The molecule has 1 fully saturated rings. The second kappa shape index (κ2) is 9.73. The van der Waals surface area contributed by atoms with Gasteiger partial charge in [-0.2, -0.15) is 0 Å². The highest BCUT2D eigenvalue weighted by atomic mass is 35.5. The topological polar surface area (TPSA) is 60.0 Å². The van der Waals surface area contributed by atoms with E-state index in [0.29, 0.717) is 40.4 Å². The Labute approximate surface area is 174 Å². The molecule has 2 aromatic carbocycles. The first-order valence-corrected chi connectivity index (χ1v) is 9.59. The lowest BCUT2D eigenvalue weighted by atomic mass is 10.1. The number of hydrogen-bond acceptors (Lipinski definition) is 5. The van der Waals surface area contributed by atoms with Gasteiger partial charge in [-0.3, -0.25) is 4.79 Å². The largest absolute Gasteiger partial charge is 0.493 e. The van der Waals surface area contributed by atoms with E-state index in [1.165, 1.54) is 7.11 Å². The molecule has 2 aromatic rings. The van der Waals surface area contributed by atoms with Crippen molar-refractivity contribution in [2.75, 3.05) is 45.3 Å². The molecule has 28 heavy (non-hydrogen) atoms. The van der Waals surface area contributed by atoms with E-state index in [0.717, 1.165) is 18.7 Å². The van der Waals surface area contributed by atoms with Crippen LogP contribution >= 0.6 is 23.8 Å². The fourth-order valence-electron chi connectivity index (χ4n) is 2.79. The van der Waals surface area contributed by atoms with E-state index in [9.17, 15) is 4.79 Å². The van der Waals surface area contributed by atoms with Crippen LogP contribution in [0.15, 0.2) is 42.5 Å². The molecular weight excluding hydrogens is 400 g/mol. The fourth-order valence-corrected chi connectivity index (χ4v) is 3.35. The van der Waals surface area contributed by atoms with Crippen LogP contribution in [0.3, 0.4) is 0 Å². The maximum absolute atomic E-state index is 12.1. The number of hydrogen-bond donors (Lipinski definition) is 1. The molecule has 148 valence electrons. The van der Waals surface area contributed by atoms with E-state index >= 15 is 0 Å². The number of amides is 1. The minimum absolute atomic E-state index is 0.196. The normalized spacial score (nSPS) is 13.7. The highest BCUT2D eigenvalue weighted by molar-refractivity contribution is 7.80. The monoisotopic (exact) mass is 420 g/mol. The van der Waals surface area contributed by atoms with Gasteiger partial charge in [-0.15, -0.1) is 0 Å². The third kappa shape index (κ3) is 5.13. The lowest BCUT2D eigenvalue weighted by molar-refractivity contribution is -0.118. The van der Waals surface area contributed by atoms with Gasteiger partial charge in [-0.25, -0.2) is 0 Å². The Morgan fingerprint density at radius 1 is 1.25 bits per heavy atom. The maximum Gasteiger partial charge on any atom is 0.262 e. The SMILES string of the molecule is COc1cc(C(=S)N2CCOCC2)cc(Cl)c1OCC(=O)Nc1ccccc1. The third-order valence-electron chi connectivity index (χ3n) is 4.18. The molecule has 1 aliphatic rings. The first-order valence-electron chi connectivity index (χ1n) is 8.80. The third-order valence-corrected chi connectivity index (χ3v) is 4.95. The van der Waals surface area contributed by atoms with Crippen molar-refractivity contribution in [3.8, 4) is 11.5 Å². The molecule has 0 unspecified atom stereocenters. The van der Waals surface area contributed by atoms with Gasteiger partial charge >= 0.3 is 0 Å². The van der Waals surface area contributed by atoms with Gasteiger partial charge in [-0.1, -0.05) is 42.0 Å². The van der Waals surface area contributed by atoms with Gasteiger partial charge in [0.1, 0.15) is 4.99 Å². The fraction of sp³-hybridized carbons (Fsp3) is 0.300. The van der Waals surface area contributed by atoms with Crippen LogP contribution in [0, 0.1) is 0 Å². The number of nitrogens with one attached hydrogen (secondary N) is 1. The smallest absolute Gasteiger partial charge is 0.262 e. The number of carbonyl (C=O) groups excluding carboxylic acids is 1. The van der Waals surface area contributed by atoms with E-state index in [1.807, 2.05) is 18.2 Å². The van der Waals surface area contributed by atoms with Crippen molar-refractivity contribution in [1.82, 2.24) is 4.90 Å². The molecule has 1 amide bonds. The van der Waals surface area contributed by atoms with Gasteiger partial charge in [0.2, 0.25) is 0 Å². The summed E-state index contributed by atoms with van der Waals surface area (Å²) in [5.41, 5.74) is 1.46. The lowest BCUT2D eigenvalue weighted by Gasteiger charge is -2.29. The number of anilines is 1. The molecule has 1 heterocycles. The number of nitrogens with zero attached hydrogens (tertiary/aromatic N) is 1. The molecule has 0 saturated carbocycles. The van der Waals surface area contributed by atoms with Crippen LogP contribution in [0.2, 0.25) is 5.02 Å². The van der Waals surface area contributed by atoms with Crippen molar-refractivity contribution < 1.29 is 19.0 Å².